The standard InChI is InChI=1S/C3H6N6.H3N.H3O4P/c4-1-7-2(5)9-3(6)8-1;;1-5(2,3)4/h(H6,4,5,6,7,8,9);1H3;(H3,1,2,3,4)/p-2. The minimum atomic E-state index is -5.39. The van der Waals surface area contributed by atoms with Gasteiger partial charge in [-0.2, -0.15) is 22.8 Å². The van der Waals surface area contributed by atoms with E-state index in [0.29, 0.717) is 0 Å². The number of phosphoric acid groups is 1. The van der Waals surface area contributed by atoms with E-state index in [0.717, 1.165) is 0 Å². The van der Waals surface area contributed by atoms with Gasteiger partial charge in [0, 0.05) is 0 Å². The van der Waals surface area contributed by atoms with Crippen molar-refractivity contribution in [2.75, 3.05) is 17.2 Å². The maximum absolute atomic E-state index is 8.55. The van der Waals surface area contributed by atoms with Gasteiger partial charge in [0.15, 0.2) is 0 Å². The fourth-order valence-corrected chi connectivity index (χ4v) is 0.427. The van der Waals surface area contributed by atoms with Crippen LogP contribution < -0.4 is 38.0 Å². The Labute approximate surface area is 84.2 Å². The van der Waals surface area contributed by atoms with Crippen molar-refractivity contribution in [3.8, 4) is 0 Å². The number of nitrogens with two attached hydrogens (primary N) is 3. The number of nitrogen functional groups attached to an aromatic ring is 3. The van der Waals surface area contributed by atoms with Crippen LogP contribution in [-0.2, 0) is 4.57 Å². The van der Waals surface area contributed by atoms with Crippen molar-refractivity contribution in [3.05, 3.63) is 0 Å². The molecule has 11 nitrogen and oxygen atoms in total. The van der Waals surface area contributed by atoms with Crippen LogP contribution in [0.1, 0.15) is 0 Å². The van der Waals surface area contributed by atoms with Crippen LogP contribution >= 0.6 is 7.82 Å². The summed E-state index contributed by atoms with van der Waals surface area (Å²) in [5, 5.41) is 0. The second-order valence-corrected chi connectivity index (χ2v) is 2.75. The van der Waals surface area contributed by atoms with E-state index < -0.39 is 7.82 Å². The molecule has 12 heteroatoms. The Morgan fingerprint density at radius 1 is 0.867 bits per heavy atom. The average Bonchev–Trinajstić information content (AvgIpc) is 1.77. The molecule has 0 amide bonds. The third kappa shape index (κ3) is 12.5. The van der Waals surface area contributed by atoms with Gasteiger partial charge in [0.2, 0.25) is 17.8 Å². The highest BCUT2D eigenvalue weighted by molar-refractivity contribution is 7.40. The monoisotopic (exact) mass is 239 g/mol. The molecule has 1 heterocycles. The third-order valence-electron chi connectivity index (χ3n) is 0.687. The van der Waals surface area contributed by atoms with Gasteiger partial charge in [0.05, 0.1) is 0 Å². The Bertz CT molecular complexity index is 293. The molecule has 0 spiro atoms. The van der Waals surface area contributed by atoms with Crippen LogP contribution in [0.25, 0.3) is 0 Å². The van der Waals surface area contributed by atoms with Gasteiger partial charge in [-0.25, -0.2) is 0 Å². The van der Waals surface area contributed by atoms with Crippen molar-refractivity contribution in [2.24, 2.45) is 0 Å². The number of aromatic nitrogens is 3. The Kier molecular flexibility index (Phi) is 6.43. The van der Waals surface area contributed by atoms with Gasteiger partial charge in [0.1, 0.15) is 0 Å². The molecule has 0 aliphatic carbocycles. The van der Waals surface area contributed by atoms with E-state index in [1.54, 1.807) is 0 Å². The largest absolute Gasteiger partial charge is 0.822 e. The highest BCUT2D eigenvalue weighted by atomic mass is 31.2. The fourth-order valence-electron chi connectivity index (χ4n) is 0.427. The Balaban J connectivity index is 0. The summed E-state index contributed by atoms with van der Waals surface area (Å²) in [6.07, 6.45) is 0. The summed E-state index contributed by atoms with van der Waals surface area (Å²) in [6, 6.07) is 0. The first-order valence-electron chi connectivity index (χ1n) is 2.94. The van der Waals surface area contributed by atoms with Crippen molar-refractivity contribution in [1.82, 2.24) is 21.1 Å². The second kappa shape index (κ2) is 6.06. The van der Waals surface area contributed by atoms with Crippen LogP contribution in [0.15, 0.2) is 0 Å². The van der Waals surface area contributed by atoms with E-state index in [4.69, 9.17) is 36.4 Å². The average molecular weight is 239 g/mol. The van der Waals surface area contributed by atoms with Gasteiger partial charge in [-0.05, 0) is 0 Å². The lowest BCUT2D eigenvalue weighted by molar-refractivity contribution is -0.432. The maximum Gasteiger partial charge on any atom is 0.226 e. The summed E-state index contributed by atoms with van der Waals surface area (Å²) in [5.74, 6) is 0.125. The predicted molar refractivity (Wildman–Crippen MR) is 46.7 cm³/mol. The lowest BCUT2D eigenvalue weighted by Gasteiger charge is -2.36. The van der Waals surface area contributed by atoms with Crippen LogP contribution in [-0.4, -0.2) is 15.0 Å². The number of nitrogens with zero attached hydrogens (tertiary/aromatic N) is 3. The molecule has 10 N–H and O–H groups in total. The summed E-state index contributed by atoms with van der Waals surface area (Å²) in [4.78, 5) is 36.1. The van der Waals surface area contributed by atoms with Gasteiger partial charge in [-0.15, -0.1) is 0 Å². The van der Waals surface area contributed by atoms with Crippen LogP contribution in [0, 0.1) is 0 Å². The molecule has 0 fully saturated rings. The van der Waals surface area contributed by atoms with E-state index in [1.807, 2.05) is 0 Å². The molecule has 0 aromatic carbocycles. The van der Waals surface area contributed by atoms with Gasteiger partial charge in [-0.3, -0.25) is 0 Å². The second-order valence-electron chi connectivity index (χ2n) is 1.86. The third-order valence-corrected chi connectivity index (χ3v) is 0.687. The van der Waals surface area contributed by atoms with Crippen molar-refractivity contribution < 1.29 is 19.2 Å². The molecule has 0 bridgehead atoms. The summed E-state index contributed by atoms with van der Waals surface area (Å²) in [6.45, 7) is 0. The summed E-state index contributed by atoms with van der Waals surface area (Å²) < 4.78 is 8.55. The van der Waals surface area contributed by atoms with Gasteiger partial charge in [0.25, 0.3) is 0 Å². The van der Waals surface area contributed by atoms with Crippen molar-refractivity contribution >= 4 is 25.7 Å². The number of quaternary nitrogens is 1. The zero-order valence-corrected chi connectivity index (χ0v) is 8.55. The molecule has 0 saturated heterocycles. The molecule has 88 valence electrons. The Morgan fingerprint density at radius 3 is 1.13 bits per heavy atom. The minimum absolute atomic E-state index is 0. The number of hydrogen-bond acceptors (Lipinski definition) is 10. The van der Waals surface area contributed by atoms with E-state index in [-0.39, 0.29) is 24.0 Å². The molecule has 0 unspecified atom stereocenters. The molecule has 15 heavy (non-hydrogen) atoms. The van der Waals surface area contributed by atoms with E-state index >= 15 is 0 Å². The first-order chi connectivity index (χ1) is 6.18. The molecule has 0 saturated carbocycles. The van der Waals surface area contributed by atoms with Crippen molar-refractivity contribution in [2.45, 2.75) is 0 Å². The first-order valence-corrected chi connectivity index (χ1v) is 4.40. The quantitative estimate of drug-likeness (QED) is 0.321. The molecule has 0 aliphatic heterocycles. The highest BCUT2D eigenvalue weighted by Gasteiger charge is 1.93. The molecule has 0 atom stereocenters. The zero-order valence-electron chi connectivity index (χ0n) is 7.65. The predicted octanol–water partition coefficient (Wildman–Crippen LogP) is -3.83. The normalized spacial score (nSPS) is 9.53. The van der Waals surface area contributed by atoms with E-state index in [2.05, 4.69) is 15.0 Å². The Hall–Kier alpha value is -1.52. The van der Waals surface area contributed by atoms with E-state index in [1.165, 1.54) is 0 Å². The van der Waals surface area contributed by atoms with Gasteiger partial charge >= 0.3 is 0 Å². The Morgan fingerprint density at radius 2 is 1.00 bits per heavy atom. The minimum Gasteiger partial charge on any atom is -0.822 e. The zero-order chi connectivity index (χ0) is 11.4. The molecule has 0 aliphatic rings. The van der Waals surface area contributed by atoms with Gasteiger partial charge in [-0.1, -0.05) is 0 Å². The molecule has 1 aromatic heterocycles. The maximum atomic E-state index is 8.55. The molecule has 1 rings (SSSR count). The van der Waals surface area contributed by atoms with Crippen molar-refractivity contribution in [1.29, 1.82) is 0 Å². The summed E-state index contributed by atoms with van der Waals surface area (Å²) >= 11 is 0. The van der Waals surface area contributed by atoms with Crippen LogP contribution in [0.2, 0.25) is 0 Å². The van der Waals surface area contributed by atoms with Gasteiger partial charge < -0.3 is 42.6 Å². The first kappa shape index (κ1) is 15.9. The lowest BCUT2D eigenvalue weighted by atomic mass is 10.9. The number of hydrogen-bond donors (Lipinski definition) is 4. The SMILES string of the molecule is Nc1nc(N)nc(N)n1.O=P([O-])([O-])[O-].[NH4+]. The number of anilines is 3. The van der Waals surface area contributed by atoms with E-state index in [9.17, 15) is 0 Å². The topological polar surface area (TPSA) is 239 Å². The van der Waals surface area contributed by atoms with Crippen molar-refractivity contribution in [3.63, 3.8) is 0 Å². The van der Waals surface area contributed by atoms with Crippen LogP contribution in [0.5, 0.6) is 0 Å². The molecule has 0 radical (unpaired) electrons. The molecular weight excluding hydrogens is 229 g/mol. The lowest BCUT2D eigenvalue weighted by Crippen LogP contribution is -2.24. The smallest absolute Gasteiger partial charge is 0.226 e. The molecule has 1 aromatic rings. The fraction of sp³-hybridized carbons (Fsp3) is 0. The van der Waals surface area contributed by atoms with Crippen LogP contribution in [0.4, 0.5) is 17.8 Å². The number of rotatable bonds is 0. The summed E-state index contributed by atoms with van der Waals surface area (Å²) in [5.41, 5.74) is 15.4. The highest BCUT2D eigenvalue weighted by Crippen LogP contribution is 2.03. The molecular formula is C3H10N7O4P-2. The summed E-state index contributed by atoms with van der Waals surface area (Å²) in [7, 11) is -5.39. The van der Waals surface area contributed by atoms with Crippen LogP contribution in [0.3, 0.4) is 0 Å².